The van der Waals surface area contributed by atoms with Crippen molar-refractivity contribution < 1.29 is 41.7 Å². The number of nitrogen functional groups attached to an aromatic ring is 1. The molecule has 0 aliphatic carbocycles. The summed E-state index contributed by atoms with van der Waals surface area (Å²) in [7, 11) is 0. The van der Waals surface area contributed by atoms with Crippen LogP contribution in [0.5, 0.6) is 6.01 Å². The van der Waals surface area contributed by atoms with Crippen molar-refractivity contribution >= 4 is 83.2 Å². The Morgan fingerprint density at radius 1 is 1.08 bits per heavy atom. The molecule has 0 bridgehead atoms. The Balaban J connectivity index is 0.717. The van der Waals surface area contributed by atoms with Crippen LogP contribution in [0.3, 0.4) is 0 Å². The highest BCUT2D eigenvalue weighted by atomic mass is 35.5. The lowest BCUT2D eigenvalue weighted by atomic mass is 9.86. The quantitative estimate of drug-likeness (QED) is 0.0781. The van der Waals surface area contributed by atoms with Crippen molar-refractivity contribution in [3.8, 4) is 34.6 Å². The van der Waals surface area contributed by atoms with Crippen LogP contribution in [0.2, 0.25) is 5.02 Å². The molecule has 1 amide bonds. The van der Waals surface area contributed by atoms with Crippen molar-refractivity contribution in [2.24, 2.45) is 5.41 Å². The van der Waals surface area contributed by atoms with Gasteiger partial charge in [-0.05, 0) is 87.7 Å². The van der Waals surface area contributed by atoms with Crippen LogP contribution in [0, 0.1) is 34.2 Å². The summed E-state index contributed by atoms with van der Waals surface area (Å²) in [4.78, 5) is 62.0. The molecule has 83 heavy (non-hydrogen) atoms. The number of hydrogen-bond acceptors (Lipinski definition) is 18. The molecule has 20 nitrogen and oxygen atoms in total. The van der Waals surface area contributed by atoms with Gasteiger partial charge in [0.25, 0.3) is 5.56 Å². The topological polar surface area (TPSA) is 249 Å². The zero-order chi connectivity index (χ0) is 58.2. The number of piperazine rings is 1. The summed E-state index contributed by atoms with van der Waals surface area (Å²) in [5.41, 5.74) is 4.37. The molecule has 3 saturated heterocycles. The number of fused-ring (bicyclic) bond motifs is 8. The molecule has 3 aromatic carbocycles. The fourth-order valence-electron chi connectivity index (χ4n) is 12.9. The number of aliphatic hydroxyl groups is 1. The standard InChI is InChI=1S/C57H53ClF4N14O6S/c1-5-57(80)35-16-41-46-29(22-75(41)51(77)34(35)24-81-53(57)79)13-28-14-40(38(61)17-39(28)66-46)65-20-42-69-71-76(70-42)25-55(3,4)52(78)72-11-12-74(27(2)21-72)50-32-15-36(58)44(31-7-8-37(60)48-43(31)33(19-63)49(64)83-48)45(62)47(32)67-54(68-50)82-26-56-9-6-10-73(56)23-30(59)18-56/h7-8,13-17,27,30,65,80H,5-6,9-12,18,20-26,64H2,1-4H3/t27-,30+,56-,57-/m0/s1. The molecule has 5 aliphatic rings. The zero-order valence-electron chi connectivity index (χ0n) is 45.3. The second-order valence-electron chi connectivity index (χ2n) is 22.8. The summed E-state index contributed by atoms with van der Waals surface area (Å²) >= 11 is 7.88. The van der Waals surface area contributed by atoms with Crippen LogP contribution >= 0.6 is 22.9 Å². The first-order valence-electron chi connectivity index (χ1n) is 27.2. The molecule has 4 atom stereocenters. The molecule has 3 fully saturated rings. The minimum Gasteiger partial charge on any atom is -0.461 e. The van der Waals surface area contributed by atoms with Gasteiger partial charge in [0, 0.05) is 77.6 Å². The highest BCUT2D eigenvalue weighted by Gasteiger charge is 2.50. The van der Waals surface area contributed by atoms with Crippen LogP contribution in [0.25, 0.3) is 54.4 Å². The smallest absolute Gasteiger partial charge is 0.343 e. The average Bonchev–Trinajstić information content (AvgIpc) is 4.48. The number of rotatable bonds is 12. The number of nitrogens with two attached hydrogens (primary N) is 1. The molecule has 5 aromatic heterocycles. The van der Waals surface area contributed by atoms with E-state index in [1.54, 1.807) is 37.8 Å². The van der Waals surface area contributed by atoms with E-state index in [9.17, 15) is 29.1 Å². The first-order valence-corrected chi connectivity index (χ1v) is 28.4. The number of amides is 1. The number of carbonyl (C=O) groups excluding carboxylic acids is 2. The number of tetrazole rings is 1. The maximum absolute atomic E-state index is 17.5. The van der Waals surface area contributed by atoms with E-state index in [1.807, 2.05) is 24.0 Å². The third kappa shape index (κ3) is 8.77. The number of esters is 1. The first kappa shape index (κ1) is 54.2. The number of nitriles is 1. The second-order valence-corrected chi connectivity index (χ2v) is 24.2. The van der Waals surface area contributed by atoms with Crippen LogP contribution in [0.1, 0.15) is 81.5 Å². The van der Waals surface area contributed by atoms with Gasteiger partial charge in [-0.15, -0.1) is 21.5 Å². The van der Waals surface area contributed by atoms with Crippen molar-refractivity contribution in [1.29, 1.82) is 5.26 Å². The van der Waals surface area contributed by atoms with Crippen LogP contribution in [-0.4, -0.2) is 124 Å². The fraction of sp³-hybridized carbons (Fsp3) is 0.404. The SMILES string of the molecule is CC[C@@]1(O)C(=O)OCc2c1cc1n(c2=O)Cc2cc3cc(NCc4nnn(CC(C)(C)C(=O)N5CCN(c6nc(OC[C@@]78CCCN7C[C@H](F)C8)nc7c(F)c(-c8ccc(F)c9sc(N)c(C#N)c89)c(Cl)cc67)[C@@H](C)C5)n4)c(F)cc3nc2-1. The molecule has 5 aliphatic heterocycles. The van der Waals surface area contributed by atoms with Gasteiger partial charge in [-0.2, -0.15) is 20.0 Å². The van der Waals surface area contributed by atoms with Gasteiger partial charge >= 0.3 is 12.0 Å². The van der Waals surface area contributed by atoms with Crippen LogP contribution in [-0.2, 0) is 46.2 Å². The van der Waals surface area contributed by atoms with E-state index in [1.165, 1.54) is 33.6 Å². The molecule has 0 spiro atoms. The number of ether oxygens (including phenoxy) is 2. The zero-order valence-corrected chi connectivity index (χ0v) is 46.9. The summed E-state index contributed by atoms with van der Waals surface area (Å²) < 4.78 is 76.4. The van der Waals surface area contributed by atoms with Crippen molar-refractivity contribution in [2.75, 3.05) is 55.3 Å². The number of aromatic nitrogens is 8. The van der Waals surface area contributed by atoms with Crippen LogP contribution in [0.15, 0.2) is 47.3 Å². The molecule has 26 heteroatoms. The Bertz CT molecular complexity index is 4210. The van der Waals surface area contributed by atoms with Gasteiger partial charge in [-0.1, -0.05) is 24.6 Å². The Kier molecular flexibility index (Phi) is 12.9. The number of alkyl halides is 1. The van der Waals surface area contributed by atoms with E-state index in [-0.39, 0.29) is 153 Å². The Morgan fingerprint density at radius 2 is 1.90 bits per heavy atom. The number of nitrogens with zero attached hydrogens (tertiary/aromatic N) is 12. The minimum absolute atomic E-state index is 0.000498. The van der Waals surface area contributed by atoms with Gasteiger partial charge in [0.05, 0.1) is 74.0 Å². The first-order chi connectivity index (χ1) is 39.7. The van der Waals surface area contributed by atoms with E-state index < -0.39 is 57.7 Å². The van der Waals surface area contributed by atoms with E-state index in [2.05, 4.69) is 30.6 Å². The van der Waals surface area contributed by atoms with Crippen molar-refractivity contribution in [3.05, 3.63) is 103 Å². The summed E-state index contributed by atoms with van der Waals surface area (Å²) in [6.45, 7) is 8.78. The molecule has 428 valence electrons. The van der Waals surface area contributed by atoms with Gasteiger partial charge in [-0.25, -0.2) is 27.3 Å². The number of hydrogen-bond donors (Lipinski definition) is 3. The summed E-state index contributed by atoms with van der Waals surface area (Å²) in [6, 6.07) is 11.8. The molecular weight excluding hydrogens is 1120 g/mol. The lowest BCUT2D eigenvalue weighted by Crippen LogP contribution is -2.57. The molecule has 0 radical (unpaired) electrons. The maximum atomic E-state index is 17.5. The third-order valence-corrected chi connectivity index (χ3v) is 18.4. The summed E-state index contributed by atoms with van der Waals surface area (Å²) in [6.07, 6.45) is 0.830. The monoisotopic (exact) mass is 1170 g/mol. The van der Waals surface area contributed by atoms with Gasteiger partial charge in [0.1, 0.15) is 53.4 Å². The summed E-state index contributed by atoms with van der Waals surface area (Å²) in [5, 5.41) is 38.2. The van der Waals surface area contributed by atoms with E-state index in [0.29, 0.717) is 40.8 Å². The highest BCUT2D eigenvalue weighted by molar-refractivity contribution is 7.23. The molecule has 0 saturated carbocycles. The predicted molar refractivity (Wildman–Crippen MR) is 300 cm³/mol. The number of pyridine rings is 2. The van der Waals surface area contributed by atoms with Crippen molar-refractivity contribution in [2.45, 2.75) is 103 Å². The van der Waals surface area contributed by atoms with Gasteiger partial charge in [0.15, 0.2) is 17.2 Å². The van der Waals surface area contributed by atoms with E-state index >= 15 is 13.2 Å². The molecule has 13 rings (SSSR count). The lowest BCUT2D eigenvalue weighted by molar-refractivity contribution is -0.172. The largest absolute Gasteiger partial charge is 0.461 e. The Labute approximate surface area is 479 Å². The number of anilines is 3. The number of benzene rings is 3. The number of carbonyl (C=O) groups is 2. The number of nitrogens with one attached hydrogen (secondary N) is 1. The molecule has 10 heterocycles. The molecule has 8 aromatic rings. The Morgan fingerprint density at radius 3 is 2.69 bits per heavy atom. The van der Waals surface area contributed by atoms with Gasteiger partial charge < -0.3 is 40.0 Å². The van der Waals surface area contributed by atoms with Gasteiger partial charge in [0.2, 0.25) is 5.91 Å². The third-order valence-electron chi connectivity index (χ3n) is 17.1. The molecule has 0 unspecified atom stereocenters. The minimum atomic E-state index is -1.98. The van der Waals surface area contributed by atoms with Crippen molar-refractivity contribution in [3.63, 3.8) is 0 Å². The predicted octanol–water partition coefficient (Wildman–Crippen LogP) is 7.75. The maximum Gasteiger partial charge on any atom is 0.343 e. The number of cyclic esters (lactones) is 1. The summed E-state index contributed by atoms with van der Waals surface area (Å²) in [5.74, 6) is -2.63. The second kappa shape index (κ2) is 19.8. The lowest BCUT2D eigenvalue weighted by Gasteiger charge is -2.43. The number of halogens is 5. The molecular formula is C57H53ClF4N14O6S. The normalized spacial score (nSPS) is 21.3. The van der Waals surface area contributed by atoms with Crippen LogP contribution in [0.4, 0.5) is 34.1 Å². The highest BCUT2D eigenvalue weighted by Crippen LogP contribution is 2.47. The fourth-order valence-corrected chi connectivity index (χ4v) is 14.1. The van der Waals surface area contributed by atoms with Gasteiger partial charge in [-0.3, -0.25) is 14.5 Å². The van der Waals surface area contributed by atoms with Crippen LogP contribution < -0.4 is 26.2 Å². The average molecular weight is 1170 g/mol. The van der Waals surface area contributed by atoms with Crippen molar-refractivity contribution in [1.82, 2.24) is 49.5 Å². The molecule has 4 N–H and O–H groups in total. The van der Waals surface area contributed by atoms with E-state index in [0.717, 1.165) is 24.3 Å². The van der Waals surface area contributed by atoms with E-state index in [4.69, 9.17) is 36.8 Å². The Hall–Kier alpha value is -8.05. The number of thiophene rings is 1.